The number of fused-ring (bicyclic) bond motifs is 1. The SMILES string of the molecule is CCOC(=O)C(=O)CN1Cc2ccccc2C1. The fraction of sp³-hybridized carbons (Fsp3) is 0.385. The van der Waals surface area contributed by atoms with Crippen molar-refractivity contribution in [1.29, 1.82) is 0 Å². The summed E-state index contributed by atoms with van der Waals surface area (Å²) in [6.45, 7) is 3.51. The molecule has 0 radical (unpaired) electrons. The molecule has 0 atom stereocenters. The second kappa shape index (κ2) is 5.10. The third-order valence-corrected chi connectivity index (χ3v) is 2.78. The summed E-state index contributed by atoms with van der Waals surface area (Å²) in [6, 6.07) is 8.05. The molecule has 4 nitrogen and oxygen atoms in total. The zero-order valence-corrected chi connectivity index (χ0v) is 9.81. The monoisotopic (exact) mass is 233 g/mol. The fourth-order valence-electron chi connectivity index (χ4n) is 1.99. The Bertz CT molecular complexity index is 417. The van der Waals surface area contributed by atoms with Gasteiger partial charge < -0.3 is 4.74 Å². The third kappa shape index (κ3) is 2.71. The highest BCUT2D eigenvalue weighted by Gasteiger charge is 2.23. The number of benzene rings is 1. The van der Waals surface area contributed by atoms with Crippen LogP contribution in [0.1, 0.15) is 18.1 Å². The molecule has 4 heteroatoms. The third-order valence-electron chi connectivity index (χ3n) is 2.78. The van der Waals surface area contributed by atoms with Crippen molar-refractivity contribution in [3.05, 3.63) is 35.4 Å². The summed E-state index contributed by atoms with van der Waals surface area (Å²) >= 11 is 0. The van der Waals surface area contributed by atoms with Crippen LogP contribution in [0.4, 0.5) is 0 Å². The number of esters is 1. The second-order valence-electron chi connectivity index (χ2n) is 4.06. The highest BCUT2D eigenvalue weighted by Crippen LogP contribution is 2.21. The average molecular weight is 233 g/mol. The van der Waals surface area contributed by atoms with E-state index >= 15 is 0 Å². The molecule has 0 unspecified atom stereocenters. The van der Waals surface area contributed by atoms with Crippen LogP contribution in [-0.2, 0) is 27.4 Å². The number of hydrogen-bond donors (Lipinski definition) is 0. The smallest absolute Gasteiger partial charge is 0.375 e. The first-order valence-electron chi connectivity index (χ1n) is 5.69. The van der Waals surface area contributed by atoms with Gasteiger partial charge in [-0.3, -0.25) is 9.69 Å². The molecule has 0 fully saturated rings. The van der Waals surface area contributed by atoms with Crippen molar-refractivity contribution in [3.63, 3.8) is 0 Å². The van der Waals surface area contributed by atoms with E-state index in [1.54, 1.807) is 6.92 Å². The number of carbonyl (C=O) groups is 2. The molecule has 90 valence electrons. The Kier molecular flexibility index (Phi) is 3.54. The van der Waals surface area contributed by atoms with Crippen LogP contribution in [0.15, 0.2) is 24.3 Å². The topological polar surface area (TPSA) is 46.6 Å². The first-order chi connectivity index (χ1) is 8.20. The molecule has 1 aliphatic heterocycles. The van der Waals surface area contributed by atoms with Crippen LogP contribution < -0.4 is 0 Å². The lowest BCUT2D eigenvalue weighted by Crippen LogP contribution is -2.31. The predicted octanol–water partition coefficient (Wildman–Crippen LogP) is 1.13. The Hall–Kier alpha value is -1.68. The van der Waals surface area contributed by atoms with E-state index in [9.17, 15) is 9.59 Å². The molecule has 1 aromatic rings. The van der Waals surface area contributed by atoms with E-state index in [1.165, 1.54) is 11.1 Å². The summed E-state index contributed by atoms with van der Waals surface area (Å²) in [7, 11) is 0. The van der Waals surface area contributed by atoms with E-state index in [2.05, 4.69) is 4.74 Å². The van der Waals surface area contributed by atoms with Crippen LogP contribution in [0.2, 0.25) is 0 Å². The van der Waals surface area contributed by atoms with Gasteiger partial charge >= 0.3 is 5.97 Å². The summed E-state index contributed by atoms with van der Waals surface area (Å²) in [5, 5.41) is 0. The van der Waals surface area contributed by atoms with Crippen molar-refractivity contribution in [3.8, 4) is 0 Å². The molecular formula is C13H15NO3. The second-order valence-corrected chi connectivity index (χ2v) is 4.06. The Morgan fingerprint density at radius 3 is 2.35 bits per heavy atom. The molecular weight excluding hydrogens is 218 g/mol. The summed E-state index contributed by atoms with van der Waals surface area (Å²) in [6.07, 6.45) is 0. The molecule has 0 bridgehead atoms. The molecule has 0 N–H and O–H groups in total. The van der Waals surface area contributed by atoms with Gasteiger partial charge in [0.15, 0.2) is 0 Å². The van der Waals surface area contributed by atoms with Crippen molar-refractivity contribution < 1.29 is 14.3 Å². The van der Waals surface area contributed by atoms with Crippen LogP contribution in [0.3, 0.4) is 0 Å². The van der Waals surface area contributed by atoms with E-state index in [0.29, 0.717) is 0 Å². The largest absolute Gasteiger partial charge is 0.460 e. The van der Waals surface area contributed by atoms with Crippen molar-refractivity contribution in [2.24, 2.45) is 0 Å². The summed E-state index contributed by atoms with van der Waals surface area (Å²) < 4.78 is 4.68. The molecule has 0 aromatic heterocycles. The van der Waals surface area contributed by atoms with Crippen LogP contribution in [0.25, 0.3) is 0 Å². The van der Waals surface area contributed by atoms with Gasteiger partial charge in [-0.15, -0.1) is 0 Å². The molecule has 0 saturated heterocycles. The maximum absolute atomic E-state index is 11.5. The van der Waals surface area contributed by atoms with E-state index < -0.39 is 11.8 Å². The van der Waals surface area contributed by atoms with Crippen molar-refractivity contribution in [1.82, 2.24) is 4.90 Å². The molecule has 1 heterocycles. The summed E-state index contributed by atoms with van der Waals surface area (Å²) in [5.41, 5.74) is 2.45. The number of carbonyl (C=O) groups excluding carboxylic acids is 2. The average Bonchev–Trinajstić information content (AvgIpc) is 2.71. The van der Waals surface area contributed by atoms with Gasteiger partial charge in [-0.05, 0) is 18.1 Å². The summed E-state index contributed by atoms with van der Waals surface area (Å²) in [4.78, 5) is 24.7. The maximum atomic E-state index is 11.5. The van der Waals surface area contributed by atoms with E-state index in [-0.39, 0.29) is 13.2 Å². The highest BCUT2D eigenvalue weighted by molar-refractivity contribution is 6.34. The molecule has 0 amide bonds. The van der Waals surface area contributed by atoms with Crippen LogP contribution in [0, 0.1) is 0 Å². The van der Waals surface area contributed by atoms with Crippen LogP contribution >= 0.6 is 0 Å². The Labute approximate surface area is 100 Å². The first kappa shape index (κ1) is 11.8. The highest BCUT2D eigenvalue weighted by atomic mass is 16.5. The quantitative estimate of drug-likeness (QED) is 0.578. The number of ether oxygens (including phenoxy) is 1. The lowest BCUT2D eigenvalue weighted by molar-refractivity contribution is -0.154. The minimum Gasteiger partial charge on any atom is -0.460 e. The molecule has 17 heavy (non-hydrogen) atoms. The van der Waals surface area contributed by atoms with Gasteiger partial charge in [0.25, 0.3) is 5.78 Å². The molecule has 0 spiro atoms. The molecule has 1 aliphatic rings. The van der Waals surface area contributed by atoms with E-state index in [4.69, 9.17) is 0 Å². The lowest BCUT2D eigenvalue weighted by Gasteiger charge is -2.12. The Morgan fingerprint density at radius 1 is 1.24 bits per heavy atom. The lowest BCUT2D eigenvalue weighted by atomic mass is 10.1. The predicted molar refractivity (Wildman–Crippen MR) is 62.2 cm³/mol. The van der Waals surface area contributed by atoms with Gasteiger partial charge in [0.1, 0.15) is 0 Å². The van der Waals surface area contributed by atoms with Crippen molar-refractivity contribution in [2.75, 3.05) is 13.2 Å². The molecule has 2 rings (SSSR count). The standard InChI is InChI=1S/C13H15NO3/c1-2-17-13(16)12(15)9-14-7-10-5-3-4-6-11(10)8-14/h3-6H,2,7-9H2,1H3. The number of Topliss-reactive ketones (excluding diaryl/α,β-unsaturated/α-hetero) is 1. The van der Waals surface area contributed by atoms with Crippen LogP contribution in [0.5, 0.6) is 0 Å². The number of nitrogens with zero attached hydrogens (tertiary/aromatic N) is 1. The molecule has 1 aromatic carbocycles. The van der Waals surface area contributed by atoms with E-state index in [0.717, 1.165) is 13.1 Å². The number of hydrogen-bond acceptors (Lipinski definition) is 4. The molecule has 0 aliphatic carbocycles. The van der Waals surface area contributed by atoms with Crippen molar-refractivity contribution in [2.45, 2.75) is 20.0 Å². The van der Waals surface area contributed by atoms with Gasteiger partial charge in [0, 0.05) is 13.1 Å². The van der Waals surface area contributed by atoms with Crippen molar-refractivity contribution >= 4 is 11.8 Å². The minimum absolute atomic E-state index is 0.132. The Morgan fingerprint density at radius 2 is 1.82 bits per heavy atom. The van der Waals surface area contributed by atoms with Gasteiger partial charge in [0.2, 0.25) is 0 Å². The first-order valence-corrected chi connectivity index (χ1v) is 5.69. The number of ketones is 1. The molecule has 0 saturated carbocycles. The van der Waals surface area contributed by atoms with E-state index in [1.807, 2.05) is 29.2 Å². The minimum atomic E-state index is -0.733. The number of rotatable bonds is 4. The van der Waals surface area contributed by atoms with Gasteiger partial charge in [-0.2, -0.15) is 0 Å². The Balaban J connectivity index is 1.92. The van der Waals surface area contributed by atoms with Gasteiger partial charge in [-0.1, -0.05) is 24.3 Å². The normalized spacial score (nSPS) is 14.4. The maximum Gasteiger partial charge on any atom is 0.375 e. The zero-order chi connectivity index (χ0) is 12.3. The fourth-order valence-corrected chi connectivity index (χ4v) is 1.99. The van der Waals surface area contributed by atoms with Crippen LogP contribution in [-0.4, -0.2) is 29.8 Å². The van der Waals surface area contributed by atoms with Gasteiger partial charge in [0.05, 0.1) is 13.2 Å². The zero-order valence-electron chi connectivity index (χ0n) is 9.81. The summed E-state index contributed by atoms with van der Waals surface area (Å²) in [5.74, 6) is -1.21. The van der Waals surface area contributed by atoms with Gasteiger partial charge in [-0.25, -0.2) is 4.79 Å².